The van der Waals surface area contributed by atoms with Gasteiger partial charge in [-0.3, -0.25) is 4.57 Å². The summed E-state index contributed by atoms with van der Waals surface area (Å²) < 4.78 is 2.07. The molecular weight excluding hydrogens is 258 g/mol. The van der Waals surface area contributed by atoms with Crippen LogP contribution in [0.4, 0.5) is 5.95 Å². The maximum absolute atomic E-state index is 4.39. The van der Waals surface area contributed by atoms with Gasteiger partial charge in [0.2, 0.25) is 5.95 Å². The topological polar surface area (TPSA) is 29.9 Å². The second-order valence-corrected chi connectivity index (χ2v) is 4.97. The highest BCUT2D eigenvalue weighted by atomic mass is 15.2. The molecule has 0 aliphatic rings. The molecule has 3 rings (SSSR count). The average Bonchev–Trinajstić information content (AvgIpc) is 3.02. The molecule has 0 fully saturated rings. The van der Waals surface area contributed by atoms with Crippen molar-refractivity contribution in [2.24, 2.45) is 0 Å². The number of nitrogens with one attached hydrogen (secondary N) is 1. The van der Waals surface area contributed by atoms with Crippen molar-refractivity contribution in [2.45, 2.75) is 12.8 Å². The van der Waals surface area contributed by atoms with E-state index in [1.54, 1.807) is 0 Å². The first kappa shape index (κ1) is 13.4. The predicted molar refractivity (Wildman–Crippen MR) is 86.8 cm³/mol. The Bertz CT molecular complexity index is 659. The average molecular weight is 277 g/mol. The smallest absolute Gasteiger partial charge is 0.207 e. The van der Waals surface area contributed by atoms with Crippen LogP contribution in [-0.2, 0) is 6.42 Å². The lowest BCUT2D eigenvalue weighted by atomic mass is 10.1. The fourth-order valence-corrected chi connectivity index (χ4v) is 2.37. The minimum absolute atomic E-state index is 0.897. The second-order valence-electron chi connectivity index (χ2n) is 4.97. The Morgan fingerprint density at radius 2 is 1.62 bits per heavy atom. The van der Waals surface area contributed by atoms with E-state index in [9.17, 15) is 0 Å². The highest BCUT2D eigenvalue weighted by Crippen LogP contribution is 2.13. The van der Waals surface area contributed by atoms with E-state index in [2.05, 4.69) is 57.3 Å². The van der Waals surface area contributed by atoms with Crippen molar-refractivity contribution < 1.29 is 0 Å². The molecular formula is C18H19N3. The molecule has 0 radical (unpaired) electrons. The van der Waals surface area contributed by atoms with Gasteiger partial charge in [0.05, 0.1) is 0 Å². The molecule has 2 aromatic carbocycles. The van der Waals surface area contributed by atoms with Gasteiger partial charge in [-0.2, -0.15) is 0 Å². The maximum atomic E-state index is 4.39. The van der Waals surface area contributed by atoms with Crippen molar-refractivity contribution in [2.75, 3.05) is 11.9 Å². The first-order valence-corrected chi connectivity index (χ1v) is 7.30. The highest BCUT2D eigenvalue weighted by Gasteiger charge is 2.03. The Kier molecular flexibility index (Phi) is 4.32. The molecule has 21 heavy (non-hydrogen) atoms. The number of imidazole rings is 1. The second kappa shape index (κ2) is 6.75. The zero-order valence-electron chi connectivity index (χ0n) is 11.9. The summed E-state index contributed by atoms with van der Waals surface area (Å²) in [6.45, 7) is 0.915. The molecule has 0 amide bonds. The minimum Gasteiger partial charge on any atom is -0.355 e. The number of para-hydroxylation sites is 1. The number of hydrogen-bond acceptors (Lipinski definition) is 2. The molecule has 1 N–H and O–H groups in total. The number of anilines is 1. The number of benzene rings is 2. The normalized spacial score (nSPS) is 10.5. The van der Waals surface area contributed by atoms with E-state index in [0.29, 0.717) is 0 Å². The standard InChI is InChI=1S/C18H19N3/c1-3-8-16(9-4-1)10-7-13-19-18-20-14-15-21(18)17-11-5-2-6-12-17/h1-6,8-9,11-12,14-15H,7,10,13H2,(H,19,20). The molecule has 0 bridgehead atoms. The van der Waals surface area contributed by atoms with E-state index < -0.39 is 0 Å². The summed E-state index contributed by atoms with van der Waals surface area (Å²) in [5, 5.41) is 3.41. The van der Waals surface area contributed by atoms with Crippen LogP contribution in [0.15, 0.2) is 73.1 Å². The lowest BCUT2D eigenvalue weighted by Gasteiger charge is -2.09. The van der Waals surface area contributed by atoms with Crippen molar-refractivity contribution in [3.05, 3.63) is 78.6 Å². The number of aromatic nitrogens is 2. The Labute approximate surface area is 125 Å². The van der Waals surface area contributed by atoms with Crippen LogP contribution in [0.25, 0.3) is 5.69 Å². The monoisotopic (exact) mass is 277 g/mol. The molecule has 0 atom stereocenters. The molecule has 1 heterocycles. The Morgan fingerprint density at radius 1 is 0.905 bits per heavy atom. The quantitative estimate of drug-likeness (QED) is 0.692. The third-order valence-corrected chi connectivity index (χ3v) is 3.44. The largest absolute Gasteiger partial charge is 0.355 e. The van der Waals surface area contributed by atoms with Crippen molar-refractivity contribution in [1.29, 1.82) is 0 Å². The molecule has 0 saturated carbocycles. The number of aryl methyl sites for hydroxylation is 1. The van der Waals surface area contributed by atoms with E-state index in [1.165, 1.54) is 5.56 Å². The molecule has 3 aromatic rings. The fourth-order valence-electron chi connectivity index (χ4n) is 2.37. The zero-order chi connectivity index (χ0) is 14.3. The maximum Gasteiger partial charge on any atom is 0.207 e. The van der Waals surface area contributed by atoms with E-state index in [-0.39, 0.29) is 0 Å². The van der Waals surface area contributed by atoms with Gasteiger partial charge in [0, 0.05) is 24.6 Å². The zero-order valence-corrected chi connectivity index (χ0v) is 11.9. The Balaban J connectivity index is 1.56. The van der Waals surface area contributed by atoms with Crippen molar-refractivity contribution in [1.82, 2.24) is 9.55 Å². The first-order valence-electron chi connectivity index (χ1n) is 7.30. The molecule has 0 aliphatic heterocycles. The minimum atomic E-state index is 0.897. The SMILES string of the molecule is c1ccc(CCCNc2nccn2-c2ccccc2)cc1. The third kappa shape index (κ3) is 3.51. The van der Waals surface area contributed by atoms with Gasteiger partial charge in [-0.15, -0.1) is 0 Å². The lowest BCUT2D eigenvalue weighted by molar-refractivity contribution is 0.848. The van der Waals surface area contributed by atoms with Crippen LogP contribution in [0.1, 0.15) is 12.0 Å². The van der Waals surface area contributed by atoms with Gasteiger partial charge < -0.3 is 5.32 Å². The number of rotatable bonds is 6. The van der Waals surface area contributed by atoms with Crippen LogP contribution in [0, 0.1) is 0 Å². The molecule has 3 nitrogen and oxygen atoms in total. The van der Waals surface area contributed by atoms with Gasteiger partial charge in [-0.05, 0) is 30.5 Å². The summed E-state index contributed by atoms with van der Waals surface area (Å²) in [6, 6.07) is 20.8. The molecule has 106 valence electrons. The van der Waals surface area contributed by atoms with Gasteiger partial charge in [-0.25, -0.2) is 4.98 Å². The summed E-state index contributed by atoms with van der Waals surface area (Å²) in [6.07, 6.45) is 5.98. The fraction of sp³-hybridized carbons (Fsp3) is 0.167. The van der Waals surface area contributed by atoms with Crippen LogP contribution in [0.5, 0.6) is 0 Å². The highest BCUT2D eigenvalue weighted by molar-refractivity contribution is 5.41. The predicted octanol–water partition coefficient (Wildman–Crippen LogP) is 3.92. The number of nitrogens with zero attached hydrogens (tertiary/aromatic N) is 2. The van der Waals surface area contributed by atoms with Crippen LogP contribution < -0.4 is 5.32 Å². The summed E-state index contributed by atoms with van der Waals surface area (Å²) in [5.74, 6) is 0.897. The van der Waals surface area contributed by atoms with E-state index >= 15 is 0 Å². The summed E-state index contributed by atoms with van der Waals surface area (Å²) in [7, 11) is 0. The molecule has 0 aliphatic carbocycles. The van der Waals surface area contributed by atoms with Gasteiger partial charge in [0.15, 0.2) is 0 Å². The third-order valence-electron chi connectivity index (χ3n) is 3.44. The van der Waals surface area contributed by atoms with Gasteiger partial charge in [-0.1, -0.05) is 48.5 Å². The summed E-state index contributed by atoms with van der Waals surface area (Å²) in [5.41, 5.74) is 2.51. The lowest BCUT2D eigenvalue weighted by Crippen LogP contribution is -2.08. The molecule has 0 saturated heterocycles. The summed E-state index contributed by atoms with van der Waals surface area (Å²) in [4.78, 5) is 4.39. The van der Waals surface area contributed by atoms with Crippen LogP contribution in [0.2, 0.25) is 0 Å². The van der Waals surface area contributed by atoms with E-state index in [0.717, 1.165) is 31.0 Å². The van der Waals surface area contributed by atoms with Crippen molar-refractivity contribution in [3.63, 3.8) is 0 Å². The van der Waals surface area contributed by atoms with Crippen molar-refractivity contribution >= 4 is 5.95 Å². The Hall–Kier alpha value is -2.55. The van der Waals surface area contributed by atoms with Gasteiger partial charge >= 0.3 is 0 Å². The molecule has 0 unspecified atom stereocenters. The molecule has 0 spiro atoms. The first-order chi connectivity index (χ1) is 10.4. The van der Waals surface area contributed by atoms with Crippen LogP contribution >= 0.6 is 0 Å². The molecule has 3 heteroatoms. The van der Waals surface area contributed by atoms with Gasteiger partial charge in [0.25, 0.3) is 0 Å². The van der Waals surface area contributed by atoms with E-state index in [1.807, 2.05) is 30.6 Å². The van der Waals surface area contributed by atoms with Gasteiger partial charge in [0.1, 0.15) is 0 Å². The van der Waals surface area contributed by atoms with E-state index in [4.69, 9.17) is 0 Å². The number of hydrogen-bond donors (Lipinski definition) is 1. The van der Waals surface area contributed by atoms with Crippen LogP contribution in [0.3, 0.4) is 0 Å². The Morgan fingerprint density at radius 3 is 2.38 bits per heavy atom. The van der Waals surface area contributed by atoms with Crippen molar-refractivity contribution in [3.8, 4) is 5.69 Å². The molecule has 1 aromatic heterocycles. The van der Waals surface area contributed by atoms with Crippen LogP contribution in [-0.4, -0.2) is 16.1 Å². The summed E-state index contributed by atoms with van der Waals surface area (Å²) >= 11 is 0.